The van der Waals surface area contributed by atoms with Crippen LogP contribution in [0.4, 0.5) is 0 Å². The number of benzene rings is 1. The molecule has 0 bridgehead atoms. The van der Waals surface area contributed by atoms with Crippen molar-refractivity contribution in [2.75, 3.05) is 20.1 Å². The second-order valence-corrected chi connectivity index (χ2v) is 6.48. The molecule has 108 valence electrons. The van der Waals surface area contributed by atoms with E-state index < -0.39 is 0 Å². The van der Waals surface area contributed by atoms with E-state index >= 15 is 0 Å². The van der Waals surface area contributed by atoms with Gasteiger partial charge in [0.05, 0.1) is 0 Å². The van der Waals surface area contributed by atoms with E-state index in [1.54, 1.807) is 0 Å². The van der Waals surface area contributed by atoms with Crippen LogP contribution in [0.25, 0.3) is 0 Å². The highest BCUT2D eigenvalue weighted by Gasteiger charge is 2.28. The summed E-state index contributed by atoms with van der Waals surface area (Å²) in [4.78, 5) is 2.44. The fraction of sp³-hybridized carbons (Fsp3) is 0.556. The molecule has 2 aliphatic rings. The van der Waals surface area contributed by atoms with E-state index in [1.807, 2.05) is 13.0 Å². The molecule has 2 nitrogen and oxygen atoms in total. The Morgan fingerprint density at radius 3 is 2.90 bits per heavy atom. The minimum absolute atomic E-state index is 0.457. The summed E-state index contributed by atoms with van der Waals surface area (Å²) in [6.07, 6.45) is 9.66. The molecule has 1 aromatic carbocycles. The molecule has 0 radical (unpaired) electrons. The maximum absolute atomic E-state index is 10.1. The number of aromatic hydroxyl groups is 1. The molecule has 0 saturated carbocycles. The van der Waals surface area contributed by atoms with Crippen LogP contribution < -0.4 is 0 Å². The van der Waals surface area contributed by atoms with E-state index in [4.69, 9.17) is 0 Å². The van der Waals surface area contributed by atoms with Gasteiger partial charge in [0.25, 0.3) is 0 Å². The lowest BCUT2D eigenvalue weighted by Gasteiger charge is -2.29. The minimum atomic E-state index is 0.457. The number of nitrogens with zero attached hydrogens (tertiary/aromatic N) is 1. The SMILES string of the molecule is Cc1cc2c(cc1O)C(C1C=CCCC1)CN(C)CC2. The van der Waals surface area contributed by atoms with Crippen LogP contribution >= 0.6 is 0 Å². The standard InChI is InChI=1S/C18H25NO/c1-13-10-15-8-9-19(2)12-17(16(15)11-18(13)20)14-6-4-3-5-7-14/h4,6,10-11,14,17,20H,3,5,7-9,12H2,1-2H3. The van der Waals surface area contributed by atoms with Gasteiger partial charge in [-0.1, -0.05) is 18.2 Å². The van der Waals surface area contributed by atoms with E-state index in [0.29, 0.717) is 17.6 Å². The zero-order chi connectivity index (χ0) is 14.1. The molecule has 2 atom stereocenters. The Kier molecular flexibility index (Phi) is 3.84. The van der Waals surface area contributed by atoms with Crippen LogP contribution in [0.5, 0.6) is 5.75 Å². The van der Waals surface area contributed by atoms with Crippen LogP contribution in [-0.2, 0) is 6.42 Å². The topological polar surface area (TPSA) is 23.5 Å². The third kappa shape index (κ3) is 2.62. The molecule has 0 spiro atoms. The van der Waals surface area contributed by atoms with Gasteiger partial charge >= 0.3 is 0 Å². The Bertz CT molecular complexity index is 520. The van der Waals surface area contributed by atoms with Crippen LogP contribution in [0.3, 0.4) is 0 Å². The molecule has 0 fully saturated rings. The molecule has 0 amide bonds. The summed E-state index contributed by atoms with van der Waals surface area (Å²) in [5.74, 6) is 1.61. The van der Waals surface area contributed by atoms with Gasteiger partial charge in [-0.15, -0.1) is 0 Å². The normalized spacial score (nSPS) is 27.1. The number of fused-ring (bicyclic) bond motifs is 1. The molecule has 20 heavy (non-hydrogen) atoms. The van der Waals surface area contributed by atoms with Crippen molar-refractivity contribution in [3.05, 3.63) is 41.0 Å². The van der Waals surface area contributed by atoms with Gasteiger partial charge < -0.3 is 10.0 Å². The summed E-state index contributed by atoms with van der Waals surface area (Å²) in [5, 5.41) is 10.1. The van der Waals surface area contributed by atoms with Gasteiger partial charge in [-0.2, -0.15) is 0 Å². The van der Waals surface area contributed by atoms with Crippen molar-refractivity contribution in [2.24, 2.45) is 5.92 Å². The second kappa shape index (κ2) is 5.61. The highest BCUT2D eigenvalue weighted by Crippen LogP contribution is 2.38. The first-order chi connectivity index (χ1) is 9.65. The quantitative estimate of drug-likeness (QED) is 0.788. The summed E-state index contributed by atoms with van der Waals surface area (Å²) < 4.78 is 0. The molecule has 1 aliphatic carbocycles. The molecule has 1 N–H and O–H groups in total. The average Bonchev–Trinajstić information content (AvgIpc) is 2.61. The van der Waals surface area contributed by atoms with E-state index in [-0.39, 0.29) is 0 Å². The van der Waals surface area contributed by atoms with Crippen molar-refractivity contribution < 1.29 is 5.11 Å². The van der Waals surface area contributed by atoms with Crippen LogP contribution in [-0.4, -0.2) is 30.1 Å². The number of hydrogen-bond acceptors (Lipinski definition) is 2. The number of hydrogen-bond donors (Lipinski definition) is 1. The van der Waals surface area contributed by atoms with Crippen molar-refractivity contribution >= 4 is 0 Å². The van der Waals surface area contributed by atoms with Crippen molar-refractivity contribution in [1.82, 2.24) is 4.90 Å². The van der Waals surface area contributed by atoms with Crippen molar-refractivity contribution in [3.63, 3.8) is 0 Å². The Hall–Kier alpha value is -1.28. The number of allylic oxidation sites excluding steroid dienone is 2. The lowest BCUT2D eigenvalue weighted by atomic mass is 9.78. The Labute approximate surface area is 122 Å². The Balaban J connectivity index is 2.02. The fourth-order valence-corrected chi connectivity index (χ4v) is 3.71. The third-order valence-corrected chi connectivity index (χ3v) is 4.94. The molecule has 1 aromatic rings. The zero-order valence-corrected chi connectivity index (χ0v) is 12.6. The summed E-state index contributed by atoms with van der Waals surface area (Å²) in [5.41, 5.74) is 3.83. The smallest absolute Gasteiger partial charge is 0.118 e. The average molecular weight is 271 g/mol. The lowest BCUT2D eigenvalue weighted by Crippen LogP contribution is -2.27. The lowest BCUT2D eigenvalue weighted by molar-refractivity contribution is 0.291. The van der Waals surface area contributed by atoms with Crippen molar-refractivity contribution in [2.45, 2.75) is 38.5 Å². The number of phenols is 1. The van der Waals surface area contributed by atoms with Crippen molar-refractivity contribution in [1.29, 1.82) is 0 Å². The Morgan fingerprint density at radius 1 is 1.30 bits per heavy atom. The maximum Gasteiger partial charge on any atom is 0.118 e. The number of likely N-dealkylation sites (N-methyl/N-ethyl adjacent to an activating group) is 1. The van der Waals surface area contributed by atoms with E-state index in [9.17, 15) is 5.11 Å². The molecular formula is C18H25NO. The largest absolute Gasteiger partial charge is 0.508 e. The number of phenolic OH excluding ortho intramolecular Hbond substituents is 1. The summed E-state index contributed by atoms with van der Waals surface area (Å²) in [6, 6.07) is 4.24. The molecule has 2 unspecified atom stereocenters. The Morgan fingerprint density at radius 2 is 2.15 bits per heavy atom. The highest BCUT2D eigenvalue weighted by atomic mass is 16.3. The van der Waals surface area contributed by atoms with Gasteiger partial charge in [0.15, 0.2) is 0 Å². The molecule has 1 heterocycles. The second-order valence-electron chi connectivity index (χ2n) is 6.48. The van der Waals surface area contributed by atoms with Crippen LogP contribution in [0.2, 0.25) is 0 Å². The maximum atomic E-state index is 10.1. The van der Waals surface area contributed by atoms with E-state index in [0.717, 1.165) is 25.1 Å². The van der Waals surface area contributed by atoms with Gasteiger partial charge in [0.2, 0.25) is 0 Å². The summed E-state index contributed by atoms with van der Waals surface area (Å²) >= 11 is 0. The number of aryl methyl sites for hydroxylation is 1. The monoisotopic (exact) mass is 271 g/mol. The molecule has 3 rings (SSSR count). The van der Waals surface area contributed by atoms with Crippen molar-refractivity contribution in [3.8, 4) is 5.75 Å². The van der Waals surface area contributed by atoms with E-state index in [2.05, 4.69) is 30.2 Å². The summed E-state index contributed by atoms with van der Waals surface area (Å²) in [7, 11) is 2.22. The predicted octanol–water partition coefficient (Wildman–Crippen LogP) is 3.63. The van der Waals surface area contributed by atoms with Crippen LogP contribution in [0, 0.1) is 12.8 Å². The van der Waals surface area contributed by atoms with E-state index in [1.165, 1.54) is 30.4 Å². The number of rotatable bonds is 1. The molecule has 0 aromatic heterocycles. The zero-order valence-electron chi connectivity index (χ0n) is 12.6. The molecular weight excluding hydrogens is 246 g/mol. The molecule has 0 saturated heterocycles. The first-order valence-corrected chi connectivity index (χ1v) is 7.82. The van der Waals surface area contributed by atoms with Gasteiger partial charge in [-0.3, -0.25) is 0 Å². The van der Waals surface area contributed by atoms with Gasteiger partial charge in [0.1, 0.15) is 5.75 Å². The van der Waals surface area contributed by atoms with Gasteiger partial charge in [-0.25, -0.2) is 0 Å². The van der Waals surface area contributed by atoms with Crippen LogP contribution in [0.1, 0.15) is 41.9 Å². The first kappa shape index (κ1) is 13.7. The predicted molar refractivity (Wildman–Crippen MR) is 83.3 cm³/mol. The molecule has 1 aliphatic heterocycles. The molecule has 2 heteroatoms. The third-order valence-electron chi connectivity index (χ3n) is 4.94. The minimum Gasteiger partial charge on any atom is -0.508 e. The van der Waals surface area contributed by atoms with Gasteiger partial charge in [-0.05, 0) is 68.3 Å². The van der Waals surface area contributed by atoms with Gasteiger partial charge in [0, 0.05) is 19.0 Å². The first-order valence-electron chi connectivity index (χ1n) is 7.82. The fourth-order valence-electron chi connectivity index (χ4n) is 3.71. The van der Waals surface area contributed by atoms with Crippen LogP contribution in [0.15, 0.2) is 24.3 Å². The summed E-state index contributed by atoms with van der Waals surface area (Å²) in [6.45, 7) is 4.22. The highest BCUT2D eigenvalue weighted by molar-refractivity contribution is 5.44.